The molecule has 0 radical (unpaired) electrons. The fraction of sp³-hybridized carbons (Fsp3) is 0. The van der Waals surface area contributed by atoms with Gasteiger partial charge in [0.05, 0.1) is 11.0 Å². The molecule has 0 saturated carbocycles. The Morgan fingerprint density at radius 2 is 0.980 bits per heavy atom. The van der Waals surface area contributed by atoms with Crippen LogP contribution in [-0.4, -0.2) is 4.57 Å². The van der Waals surface area contributed by atoms with Gasteiger partial charge in [0.25, 0.3) is 0 Å². The Bertz CT molecular complexity index is 2800. The summed E-state index contributed by atoms with van der Waals surface area (Å²) >= 11 is 0. The number of fused-ring (bicyclic) bond motifs is 6. The molecule has 0 atom stereocenters. The standard InChI is InChI=1S/C48H32N2O/c1-5-16-33(17-6-1)35-28-29-40-42(30-35)50(39-25-15-24-38(31-39)49(36-20-9-3-10-21-36)37-22-11-4-12-23-37)43-32-45-48(41-26-13-14-27-44(41)51-45)46(47(40)43)34-18-7-2-8-19-34/h1-32H. The van der Waals surface area contributed by atoms with Crippen LogP contribution in [-0.2, 0) is 0 Å². The summed E-state index contributed by atoms with van der Waals surface area (Å²) in [6, 6.07) is 69.0. The second kappa shape index (κ2) is 11.9. The largest absolute Gasteiger partial charge is 0.456 e. The summed E-state index contributed by atoms with van der Waals surface area (Å²) < 4.78 is 9.08. The van der Waals surface area contributed by atoms with Crippen molar-refractivity contribution in [1.82, 2.24) is 4.57 Å². The van der Waals surface area contributed by atoms with Gasteiger partial charge in [-0.15, -0.1) is 0 Å². The van der Waals surface area contributed by atoms with Gasteiger partial charge in [-0.3, -0.25) is 0 Å². The molecule has 0 saturated heterocycles. The van der Waals surface area contributed by atoms with E-state index in [1.165, 1.54) is 33.0 Å². The lowest BCUT2D eigenvalue weighted by Gasteiger charge is -2.26. The van der Waals surface area contributed by atoms with Crippen LogP contribution in [0.15, 0.2) is 199 Å². The quantitative estimate of drug-likeness (QED) is 0.178. The van der Waals surface area contributed by atoms with Crippen molar-refractivity contribution in [3.05, 3.63) is 194 Å². The highest BCUT2D eigenvalue weighted by Gasteiger charge is 2.23. The molecule has 0 aliphatic heterocycles. The summed E-state index contributed by atoms with van der Waals surface area (Å²) in [5, 5.41) is 4.68. The first-order valence-corrected chi connectivity index (χ1v) is 17.4. The maximum absolute atomic E-state index is 6.66. The van der Waals surface area contributed by atoms with Crippen LogP contribution in [0, 0.1) is 0 Å². The van der Waals surface area contributed by atoms with Crippen molar-refractivity contribution in [2.75, 3.05) is 4.90 Å². The minimum atomic E-state index is 0.876. The fourth-order valence-corrected chi connectivity index (χ4v) is 7.73. The number of aromatic nitrogens is 1. The zero-order chi connectivity index (χ0) is 33.7. The first kappa shape index (κ1) is 29.1. The number of nitrogens with zero attached hydrogens (tertiary/aromatic N) is 2. The highest BCUT2D eigenvalue weighted by molar-refractivity contribution is 6.27. The number of anilines is 3. The molecule has 3 nitrogen and oxygen atoms in total. The molecule has 0 fully saturated rings. The van der Waals surface area contributed by atoms with Crippen LogP contribution in [0.2, 0.25) is 0 Å². The molecule has 3 heteroatoms. The minimum Gasteiger partial charge on any atom is -0.456 e. The molecule has 0 unspecified atom stereocenters. The predicted molar refractivity (Wildman–Crippen MR) is 214 cm³/mol. The van der Waals surface area contributed by atoms with Gasteiger partial charge in [0.1, 0.15) is 11.2 Å². The molecule has 0 aliphatic carbocycles. The molecule has 0 aliphatic rings. The predicted octanol–water partition coefficient (Wildman–Crippen LogP) is 13.5. The minimum absolute atomic E-state index is 0.876. The van der Waals surface area contributed by atoms with Crippen LogP contribution in [0.1, 0.15) is 0 Å². The molecule has 0 spiro atoms. The van der Waals surface area contributed by atoms with E-state index in [1.54, 1.807) is 0 Å². The molecule has 0 bridgehead atoms. The molecule has 51 heavy (non-hydrogen) atoms. The van der Waals surface area contributed by atoms with E-state index in [-0.39, 0.29) is 0 Å². The van der Waals surface area contributed by atoms with Gasteiger partial charge < -0.3 is 13.9 Å². The highest BCUT2D eigenvalue weighted by Crippen LogP contribution is 2.47. The van der Waals surface area contributed by atoms with Crippen LogP contribution in [0.5, 0.6) is 0 Å². The first-order chi connectivity index (χ1) is 25.3. The molecule has 2 aromatic heterocycles. The van der Waals surface area contributed by atoms with Crippen LogP contribution in [0.3, 0.4) is 0 Å². The zero-order valence-electron chi connectivity index (χ0n) is 27.8. The second-order valence-corrected chi connectivity index (χ2v) is 12.9. The second-order valence-electron chi connectivity index (χ2n) is 12.9. The molecule has 10 rings (SSSR count). The third-order valence-electron chi connectivity index (χ3n) is 9.94. The van der Waals surface area contributed by atoms with Gasteiger partial charge in [0, 0.05) is 55.9 Å². The summed E-state index contributed by atoms with van der Waals surface area (Å²) in [5.74, 6) is 0. The van der Waals surface area contributed by atoms with E-state index in [1.807, 2.05) is 6.07 Å². The monoisotopic (exact) mass is 652 g/mol. The Kier molecular flexibility index (Phi) is 6.81. The van der Waals surface area contributed by atoms with Crippen LogP contribution in [0.25, 0.3) is 71.7 Å². The topological polar surface area (TPSA) is 21.3 Å². The third-order valence-corrected chi connectivity index (χ3v) is 9.94. The lowest BCUT2D eigenvalue weighted by molar-refractivity contribution is 0.669. The van der Waals surface area contributed by atoms with E-state index < -0.39 is 0 Å². The first-order valence-electron chi connectivity index (χ1n) is 17.4. The number of furan rings is 1. The average Bonchev–Trinajstić information content (AvgIpc) is 3.73. The molecule has 10 aromatic rings. The Morgan fingerprint density at radius 1 is 0.373 bits per heavy atom. The maximum atomic E-state index is 6.66. The van der Waals surface area contributed by atoms with Crippen molar-refractivity contribution in [3.8, 4) is 27.9 Å². The smallest absolute Gasteiger partial charge is 0.138 e. The lowest BCUT2D eigenvalue weighted by atomic mass is 9.94. The van der Waals surface area contributed by atoms with Crippen LogP contribution < -0.4 is 4.90 Å². The fourth-order valence-electron chi connectivity index (χ4n) is 7.73. The number of benzene rings is 8. The van der Waals surface area contributed by atoms with E-state index in [4.69, 9.17) is 4.42 Å². The van der Waals surface area contributed by atoms with E-state index in [9.17, 15) is 0 Å². The van der Waals surface area contributed by atoms with E-state index in [2.05, 4.69) is 198 Å². The third kappa shape index (κ3) is 4.82. The van der Waals surface area contributed by atoms with Gasteiger partial charge in [-0.05, 0) is 71.3 Å². The van der Waals surface area contributed by atoms with E-state index in [0.717, 1.165) is 55.7 Å². The Morgan fingerprint density at radius 3 is 1.69 bits per heavy atom. The average molecular weight is 653 g/mol. The number of rotatable bonds is 6. The van der Waals surface area contributed by atoms with Crippen molar-refractivity contribution in [3.63, 3.8) is 0 Å². The van der Waals surface area contributed by atoms with Gasteiger partial charge in [-0.25, -0.2) is 0 Å². The van der Waals surface area contributed by atoms with Gasteiger partial charge in [0.2, 0.25) is 0 Å². The van der Waals surface area contributed by atoms with Gasteiger partial charge in [-0.2, -0.15) is 0 Å². The molecule has 0 amide bonds. The molecule has 2 heterocycles. The lowest BCUT2D eigenvalue weighted by Crippen LogP contribution is -2.10. The Labute approximate surface area is 295 Å². The molecule has 0 N–H and O–H groups in total. The highest BCUT2D eigenvalue weighted by atomic mass is 16.3. The van der Waals surface area contributed by atoms with E-state index in [0.29, 0.717) is 0 Å². The van der Waals surface area contributed by atoms with Crippen LogP contribution in [0.4, 0.5) is 17.1 Å². The molecular weight excluding hydrogens is 621 g/mol. The molecular formula is C48H32N2O. The SMILES string of the molecule is c1ccc(-c2ccc3c4c(-c5ccccc5)c5c(cc4n(-c4cccc(N(c6ccccc6)c6ccccc6)c4)c3c2)oc2ccccc25)cc1. The summed E-state index contributed by atoms with van der Waals surface area (Å²) in [7, 11) is 0. The van der Waals surface area contributed by atoms with Crippen molar-refractivity contribution < 1.29 is 4.42 Å². The molecule has 240 valence electrons. The Hall–Kier alpha value is -6.84. The maximum Gasteiger partial charge on any atom is 0.138 e. The summed E-state index contributed by atoms with van der Waals surface area (Å²) in [5.41, 5.74) is 13.1. The van der Waals surface area contributed by atoms with E-state index >= 15 is 0 Å². The zero-order valence-corrected chi connectivity index (χ0v) is 27.8. The number of para-hydroxylation sites is 3. The van der Waals surface area contributed by atoms with Crippen molar-refractivity contribution in [1.29, 1.82) is 0 Å². The normalized spacial score (nSPS) is 11.5. The van der Waals surface area contributed by atoms with Crippen molar-refractivity contribution in [2.24, 2.45) is 0 Å². The summed E-state index contributed by atoms with van der Waals surface area (Å²) in [4.78, 5) is 2.32. The molecule has 8 aromatic carbocycles. The van der Waals surface area contributed by atoms with Crippen LogP contribution >= 0.6 is 0 Å². The van der Waals surface area contributed by atoms with Gasteiger partial charge in [-0.1, -0.05) is 133 Å². The summed E-state index contributed by atoms with van der Waals surface area (Å²) in [6.45, 7) is 0. The number of hydrogen-bond donors (Lipinski definition) is 0. The number of hydrogen-bond acceptors (Lipinski definition) is 2. The van der Waals surface area contributed by atoms with Gasteiger partial charge in [0.15, 0.2) is 0 Å². The Balaban J connectivity index is 1.32. The van der Waals surface area contributed by atoms with Crippen molar-refractivity contribution in [2.45, 2.75) is 0 Å². The summed E-state index contributed by atoms with van der Waals surface area (Å²) in [6.07, 6.45) is 0. The van der Waals surface area contributed by atoms with Crippen molar-refractivity contribution >= 4 is 60.8 Å². The van der Waals surface area contributed by atoms with Gasteiger partial charge >= 0.3 is 0 Å².